The highest BCUT2D eigenvalue weighted by Crippen LogP contribution is 2.48. The molecule has 2 aromatic heterocycles. The molecule has 5 heteroatoms. The Morgan fingerprint density at radius 3 is 1.65 bits per heavy atom. The van der Waals surface area contributed by atoms with Crippen LogP contribution in [0.4, 0.5) is 22.7 Å². The zero-order chi connectivity index (χ0) is 50.7. The summed E-state index contributed by atoms with van der Waals surface area (Å²) in [6.45, 7) is 14.5. The molecule has 0 radical (unpaired) electrons. The van der Waals surface area contributed by atoms with Crippen LogP contribution in [-0.4, -0.2) is 16.2 Å². The summed E-state index contributed by atoms with van der Waals surface area (Å²) in [5.74, 6) is 2.39. The van der Waals surface area contributed by atoms with E-state index in [0.717, 1.165) is 72.5 Å². The second kappa shape index (κ2) is 16.8. The van der Waals surface area contributed by atoms with Gasteiger partial charge < -0.3 is 14.5 Å². The van der Waals surface area contributed by atoms with Crippen molar-refractivity contribution in [2.45, 2.75) is 52.4 Å². The summed E-state index contributed by atoms with van der Waals surface area (Å²) in [7, 11) is 0. The van der Waals surface area contributed by atoms with Crippen molar-refractivity contribution >= 4 is 98.5 Å². The quantitative estimate of drug-likeness (QED) is 0.156. The summed E-state index contributed by atoms with van der Waals surface area (Å²) in [5.41, 5.74) is 12.5. The minimum Gasteiger partial charge on any atom is -0.457 e. The largest absolute Gasteiger partial charge is 0.457 e. The van der Waals surface area contributed by atoms with Gasteiger partial charge in [0.1, 0.15) is 24.0 Å². The molecule has 1 aliphatic rings. The van der Waals surface area contributed by atoms with Crippen molar-refractivity contribution in [1.82, 2.24) is 9.55 Å². The molecule has 5 nitrogen and oxygen atoms in total. The summed E-state index contributed by atoms with van der Waals surface area (Å²) in [6, 6.07) is 79.5. The monoisotopic (exact) mass is 968 g/mol. The average Bonchev–Trinajstić information content (AvgIpc) is 4.03. The maximum absolute atomic E-state index is 7.17. The van der Waals surface area contributed by atoms with E-state index >= 15 is 0 Å². The van der Waals surface area contributed by atoms with Gasteiger partial charge in [0.15, 0.2) is 0 Å². The van der Waals surface area contributed by atoms with Gasteiger partial charge >= 0.3 is 0 Å². The molecule has 0 unspecified atom stereocenters. The Balaban J connectivity index is 0.938. The maximum Gasteiger partial charge on any atom is 0.146 e. The Bertz CT molecular complexity index is 4430. The first-order valence-corrected chi connectivity index (χ1v) is 26.2. The Kier molecular flexibility index (Phi) is 10.0. The molecule has 1 aliphatic heterocycles. The molecule has 362 valence electrons. The van der Waals surface area contributed by atoms with Crippen molar-refractivity contribution < 1.29 is 4.74 Å². The van der Waals surface area contributed by atoms with Gasteiger partial charge in [-0.25, -0.2) is 4.98 Å². The lowest BCUT2D eigenvalue weighted by molar-refractivity contribution is 0.483. The lowest BCUT2D eigenvalue weighted by atomic mass is 9.80. The van der Waals surface area contributed by atoms with Crippen molar-refractivity contribution in [1.29, 1.82) is 0 Å². The molecule has 3 heterocycles. The smallest absolute Gasteiger partial charge is 0.146 e. The van der Waals surface area contributed by atoms with Gasteiger partial charge in [-0.2, -0.15) is 0 Å². The maximum atomic E-state index is 7.17. The second-order valence-corrected chi connectivity index (χ2v) is 22.5. The van der Waals surface area contributed by atoms with Gasteiger partial charge in [0.2, 0.25) is 0 Å². The van der Waals surface area contributed by atoms with E-state index in [0.29, 0.717) is 6.67 Å². The van der Waals surface area contributed by atoms with Crippen molar-refractivity contribution in [3.63, 3.8) is 0 Å². The third-order valence-electron chi connectivity index (χ3n) is 15.6. The fourth-order valence-corrected chi connectivity index (χ4v) is 11.8. The van der Waals surface area contributed by atoms with Crippen LogP contribution in [0.15, 0.2) is 218 Å². The number of anilines is 4. The number of ether oxygens (including phenoxy) is 1. The summed E-state index contributed by atoms with van der Waals surface area (Å²) in [6.07, 6.45) is 0. The summed E-state index contributed by atoms with van der Waals surface area (Å²) >= 11 is 0. The van der Waals surface area contributed by atoms with Crippen LogP contribution in [0.1, 0.15) is 52.7 Å². The summed E-state index contributed by atoms with van der Waals surface area (Å²) in [4.78, 5) is 10.6. The first-order chi connectivity index (χ1) is 36.4. The van der Waals surface area contributed by atoms with Crippen molar-refractivity contribution in [3.05, 3.63) is 230 Å². The standard InChI is InChI=1S/C70H56N4O/c1-69(2,3)49-38-50(70(4,5)6)40-52(39-49)73-43-72(62-26-16-17-27-63(62)73)51-36-48(44-18-8-7-9-19-44)37-54(41-51)75-53-32-34-58-57-24-14-15-25-61(57)74(64(58)42-53)68-59-33-30-46-21-11-13-23-56(46)66(59)67-60(71-68)35-31-47-29-28-45-20-10-12-22-55(45)65(47)67/h7-42H,43H2,1-6H3. The zero-order valence-corrected chi connectivity index (χ0v) is 43.2. The third kappa shape index (κ3) is 7.40. The van der Waals surface area contributed by atoms with Crippen LogP contribution < -0.4 is 14.5 Å². The topological polar surface area (TPSA) is 33.5 Å². The molecule has 0 bridgehead atoms. The fraction of sp³-hybridized carbons (Fsp3) is 0.129. The van der Waals surface area contributed by atoms with Gasteiger partial charge in [0, 0.05) is 50.4 Å². The molecule has 75 heavy (non-hydrogen) atoms. The number of fused-ring (bicyclic) bond motifs is 13. The van der Waals surface area contributed by atoms with E-state index in [4.69, 9.17) is 9.72 Å². The van der Waals surface area contributed by atoms with Crippen LogP contribution in [0.5, 0.6) is 11.5 Å². The van der Waals surface area contributed by atoms with Gasteiger partial charge in [0.05, 0.1) is 27.9 Å². The Labute approximate surface area is 437 Å². The van der Waals surface area contributed by atoms with Crippen LogP contribution in [-0.2, 0) is 10.8 Å². The second-order valence-electron chi connectivity index (χ2n) is 22.5. The molecule has 0 N–H and O–H groups in total. The van der Waals surface area contributed by atoms with Gasteiger partial charge in [-0.15, -0.1) is 0 Å². The molecule has 0 saturated heterocycles. The molecule has 11 aromatic carbocycles. The molecular formula is C70H56N4O. The minimum absolute atomic E-state index is 0.0116. The summed E-state index contributed by atoms with van der Waals surface area (Å²) < 4.78 is 9.54. The molecule has 13 aromatic rings. The van der Waals surface area contributed by atoms with Crippen molar-refractivity contribution in [2.75, 3.05) is 16.5 Å². The van der Waals surface area contributed by atoms with Crippen LogP contribution in [0.2, 0.25) is 0 Å². The molecule has 0 atom stereocenters. The Hall–Kier alpha value is -8.93. The number of rotatable bonds is 6. The number of hydrogen-bond donors (Lipinski definition) is 0. The predicted octanol–water partition coefficient (Wildman–Crippen LogP) is 19.2. The highest BCUT2D eigenvalue weighted by Gasteiger charge is 2.31. The van der Waals surface area contributed by atoms with Crippen LogP contribution in [0.3, 0.4) is 0 Å². The third-order valence-corrected chi connectivity index (χ3v) is 15.6. The summed E-state index contributed by atoms with van der Waals surface area (Å²) in [5, 5.41) is 13.1. The predicted molar refractivity (Wildman–Crippen MR) is 317 cm³/mol. The van der Waals surface area contributed by atoms with Gasteiger partial charge in [0.25, 0.3) is 0 Å². The molecule has 0 saturated carbocycles. The highest BCUT2D eigenvalue weighted by molar-refractivity contribution is 6.32. The number of pyridine rings is 1. The Morgan fingerprint density at radius 1 is 0.387 bits per heavy atom. The van der Waals surface area contributed by atoms with E-state index in [9.17, 15) is 0 Å². The lowest BCUT2D eigenvalue weighted by Gasteiger charge is -2.29. The highest BCUT2D eigenvalue weighted by atomic mass is 16.5. The van der Waals surface area contributed by atoms with Gasteiger partial charge in [-0.3, -0.25) is 4.57 Å². The Morgan fingerprint density at radius 2 is 0.947 bits per heavy atom. The number of nitrogens with zero attached hydrogens (tertiary/aromatic N) is 4. The number of benzene rings is 11. The normalized spacial score (nSPS) is 13.1. The zero-order valence-electron chi connectivity index (χ0n) is 43.2. The van der Waals surface area contributed by atoms with E-state index in [2.05, 4.69) is 274 Å². The van der Waals surface area contributed by atoms with Crippen LogP contribution >= 0.6 is 0 Å². The molecule has 0 amide bonds. The molecule has 14 rings (SSSR count). The molecular weight excluding hydrogens is 913 g/mol. The number of aromatic nitrogens is 2. The first kappa shape index (κ1) is 44.7. The van der Waals surface area contributed by atoms with Crippen molar-refractivity contribution in [3.8, 4) is 28.4 Å². The van der Waals surface area contributed by atoms with E-state index in [1.54, 1.807) is 0 Å². The van der Waals surface area contributed by atoms with Crippen molar-refractivity contribution in [2.24, 2.45) is 0 Å². The van der Waals surface area contributed by atoms with Gasteiger partial charge in [-0.05, 0) is 132 Å². The number of para-hydroxylation sites is 3. The van der Waals surface area contributed by atoms with E-state index in [-0.39, 0.29) is 10.8 Å². The molecule has 0 fully saturated rings. The SMILES string of the molecule is CC(C)(C)c1cc(N2CN(c3cc(Oc4ccc5c6ccccc6n(-c6nc7ccc8ccc9ccccc9c8c7c7c6ccc6ccccc67)c5c4)cc(-c4ccccc4)c3)c3ccccc32)cc(C(C)(C)C)c1. The van der Waals surface area contributed by atoms with E-state index < -0.39 is 0 Å². The molecule has 0 spiro atoms. The van der Waals surface area contributed by atoms with E-state index in [1.807, 2.05) is 0 Å². The van der Waals surface area contributed by atoms with E-state index in [1.165, 1.54) is 65.6 Å². The van der Waals surface area contributed by atoms with Crippen LogP contribution in [0, 0.1) is 0 Å². The molecule has 0 aliphatic carbocycles. The van der Waals surface area contributed by atoms with Crippen LogP contribution in [0.25, 0.3) is 92.7 Å². The lowest BCUT2D eigenvalue weighted by Crippen LogP contribution is -2.25. The average molecular weight is 969 g/mol. The fourth-order valence-electron chi connectivity index (χ4n) is 11.8. The first-order valence-electron chi connectivity index (χ1n) is 26.2. The number of hydrogen-bond acceptors (Lipinski definition) is 4. The van der Waals surface area contributed by atoms with Gasteiger partial charge in [-0.1, -0.05) is 181 Å². The minimum atomic E-state index is -0.0116.